The molecule has 0 aliphatic rings. The molecule has 0 atom stereocenters. The zero-order valence-electron chi connectivity index (χ0n) is 18.1. The lowest BCUT2D eigenvalue weighted by molar-refractivity contribution is 0.0950. The third kappa shape index (κ3) is 4.71. The van der Waals surface area contributed by atoms with E-state index in [1.807, 2.05) is 31.2 Å². The molecule has 0 radical (unpaired) electrons. The number of aryl methyl sites for hydroxylation is 1. The molecule has 1 amide bonds. The number of aromatic nitrogens is 5. The zero-order chi connectivity index (χ0) is 23.2. The maximum Gasteiger partial charge on any atom is 0.294 e. The van der Waals surface area contributed by atoms with Gasteiger partial charge in [0.2, 0.25) is 11.6 Å². The fraction of sp³-hybridized carbons (Fsp3) is 0.182. The van der Waals surface area contributed by atoms with E-state index in [1.54, 1.807) is 30.5 Å². The highest BCUT2D eigenvalue weighted by molar-refractivity contribution is 5.98. The SMILES string of the molecule is CCOc1ccc(-c2c(C(=O)N/N=C\c3ccc(CC)cc3)nnn2-c2nonc2N)cc1. The first-order valence-electron chi connectivity index (χ1n) is 10.3. The van der Waals surface area contributed by atoms with Crippen molar-refractivity contribution in [1.29, 1.82) is 0 Å². The normalized spacial score (nSPS) is 11.1. The Balaban J connectivity index is 1.64. The molecule has 11 nitrogen and oxygen atoms in total. The smallest absolute Gasteiger partial charge is 0.294 e. The lowest BCUT2D eigenvalue weighted by atomic mass is 10.1. The maximum absolute atomic E-state index is 12.9. The van der Waals surface area contributed by atoms with Crippen LogP contribution in [0.3, 0.4) is 0 Å². The van der Waals surface area contributed by atoms with Gasteiger partial charge in [0, 0.05) is 5.56 Å². The Morgan fingerprint density at radius 2 is 1.91 bits per heavy atom. The molecule has 0 unspecified atom stereocenters. The second-order valence-electron chi connectivity index (χ2n) is 6.92. The molecule has 4 aromatic rings. The minimum atomic E-state index is -0.554. The van der Waals surface area contributed by atoms with Crippen LogP contribution in [0.15, 0.2) is 58.3 Å². The van der Waals surface area contributed by atoms with Gasteiger partial charge in [-0.1, -0.05) is 36.4 Å². The molecular formula is C22H22N8O3. The summed E-state index contributed by atoms with van der Waals surface area (Å²) in [4.78, 5) is 12.9. The fourth-order valence-corrected chi connectivity index (χ4v) is 3.11. The number of nitrogens with one attached hydrogen (secondary N) is 1. The zero-order valence-corrected chi connectivity index (χ0v) is 18.1. The molecule has 0 saturated heterocycles. The number of rotatable bonds is 8. The maximum atomic E-state index is 12.9. The van der Waals surface area contributed by atoms with E-state index < -0.39 is 5.91 Å². The number of benzene rings is 2. The fourth-order valence-electron chi connectivity index (χ4n) is 3.11. The van der Waals surface area contributed by atoms with Crippen molar-refractivity contribution >= 4 is 17.9 Å². The van der Waals surface area contributed by atoms with Crippen molar-refractivity contribution in [2.45, 2.75) is 20.3 Å². The van der Waals surface area contributed by atoms with Crippen LogP contribution < -0.4 is 15.9 Å². The first kappa shape index (κ1) is 21.7. The number of nitrogens with two attached hydrogens (primary N) is 1. The highest BCUT2D eigenvalue weighted by atomic mass is 16.6. The van der Waals surface area contributed by atoms with Crippen LogP contribution in [0.4, 0.5) is 5.82 Å². The summed E-state index contributed by atoms with van der Waals surface area (Å²) in [6.45, 7) is 4.52. The van der Waals surface area contributed by atoms with Gasteiger partial charge in [-0.2, -0.15) is 9.78 Å². The molecule has 0 fully saturated rings. The van der Waals surface area contributed by atoms with Crippen LogP contribution in [0.2, 0.25) is 0 Å². The van der Waals surface area contributed by atoms with Gasteiger partial charge in [0.15, 0.2) is 5.69 Å². The van der Waals surface area contributed by atoms with Gasteiger partial charge in [-0.15, -0.1) is 5.10 Å². The van der Waals surface area contributed by atoms with E-state index in [4.69, 9.17) is 10.5 Å². The number of hydrogen-bond donors (Lipinski definition) is 2. The van der Waals surface area contributed by atoms with Gasteiger partial charge in [0.1, 0.15) is 11.4 Å². The summed E-state index contributed by atoms with van der Waals surface area (Å²) in [6.07, 6.45) is 2.50. The molecule has 0 bridgehead atoms. The van der Waals surface area contributed by atoms with Crippen LogP contribution in [0.5, 0.6) is 5.75 Å². The molecular weight excluding hydrogens is 424 g/mol. The molecule has 2 aromatic heterocycles. The van der Waals surface area contributed by atoms with E-state index in [0.717, 1.165) is 12.0 Å². The van der Waals surface area contributed by atoms with Crippen molar-refractivity contribution < 1.29 is 14.2 Å². The Morgan fingerprint density at radius 3 is 2.55 bits per heavy atom. The van der Waals surface area contributed by atoms with Gasteiger partial charge >= 0.3 is 0 Å². The van der Waals surface area contributed by atoms with Crippen molar-refractivity contribution in [1.82, 2.24) is 30.7 Å². The van der Waals surface area contributed by atoms with Gasteiger partial charge in [-0.3, -0.25) is 4.79 Å². The van der Waals surface area contributed by atoms with Crippen molar-refractivity contribution in [3.63, 3.8) is 0 Å². The van der Waals surface area contributed by atoms with Crippen molar-refractivity contribution in [3.05, 3.63) is 65.4 Å². The predicted molar refractivity (Wildman–Crippen MR) is 121 cm³/mol. The van der Waals surface area contributed by atoms with Crippen LogP contribution in [0.1, 0.15) is 35.5 Å². The largest absolute Gasteiger partial charge is 0.494 e. The number of ether oxygens (including phenoxy) is 1. The predicted octanol–water partition coefficient (Wildman–Crippen LogP) is 2.62. The minimum absolute atomic E-state index is 0.00703. The second kappa shape index (κ2) is 9.73. The molecule has 0 aliphatic heterocycles. The highest BCUT2D eigenvalue weighted by Crippen LogP contribution is 2.28. The molecule has 33 heavy (non-hydrogen) atoms. The number of hydrogen-bond acceptors (Lipinski definition) is 9. The average Bonchev–Trinajstić information content (AvgIpc) is 3.46. The number of nitrogens with zero attached hydrogens (tertiary/aromatic N) is 6. The van der Waals surface area contributed by atoms with E-state index >= 15 is 0 Å². The van der Waals surface area contributed by atoms with Crippen LogP contribution >= 0.6 is 0 Å². The molecule has 4 rings (SSSR count). The van der Waals surface area contributed by atoms with Gasteiger partial charge in [-0.05, 0) is 59.1 Å². The Labute approximate surface area is 189 Å². The Bertz CT molecular complexity index is 1260. The number of amides is 1. The summed E-state index contributed by atoms with van der Waals surface area (Å²) in [6, 6.07) is 15.0. The third-order valence-corrected chi connectivity index (χ3v) is 4.79. The van der Waals surface area contributed by atoms with Gasteiger partial charge in [0.25, 0.3) is 5.91 Å². The van der Waals surface area contributed by atoms with E-state index in [2.05, 4.69) is 42.7 Å². The van der Waals surface area contributed by atoms with Crippen molar-refractivity contribution in [2.24, 2.45) is 5.10 Å². The van der Waals surface area contributed by atoms with E-state index in [9.17, 15) is 4.79 Å². The lowest BCUT2D eigenvalue weighted by Crippen LogP contribution is -2.19. The Morgan fingerprint density at radius 1 is 1.15 bits per heavy atom. The topological polar surface area (TPSA) is 146 Å². The number of carbonyl (C=O) groups is 1. The average molecular weight is 446 g/mol. The van der Waals surface area contributed by atoms with E-state index in [1.165, 1.54) is 10.2 Å². The molecule has 0 spiro atoms. The van der Waals surface area contributed by atoms with Crippen LogP contribution in [0, 0.1) is 0 Å². The number of hydrazone groups is 1. The molecule has 168 valence electrons. The number of carbonyl (C=O) groups excluding carboxylic acids is 1. The number of anilines is 1. The molecule has 0 saturated carbocycles. The first-order valence-corrected chi connectivity index (χ1v) is 10.3. The summed E-state index contributed by atoms with van der Waals surface area (Å²) >= 11 is 0. The summed E-state index contributed by atoms with van der Waals surface area (Å²) in [7, 11) is 0. The third-order valence-electron chi connectivity index (χ3n) is 4.79. The highest BCUT2D eigenvalue weighted by Gasteiger charge is 2.25. The summed E-state index contributed by atoms with van der Waals surface area (Å²) in [5.41, 5.74) is 11.4. The Kier molecular flexibility index (Phi) is 6.39. The lowest BCUT2D eigenvalue weighted by Gasteiger charge is -2.07. The monoisotopic (exact) mass is 446 g/mol. The van der Waals surface area contributed by atoms with Gasteiger partial charge in [-0.25, -0.2) is 10.1 Å². The number of nitrogen functional groups attached to an aromatic ring is 1. The quantitative estimate of drug-likeness (QED) is 0.310. The van der Waals surface area contributed by atoms with Crippen LogP contribution in [0.25, 0.3) is 17.1 Å². The summed E-state index contributed by atoms with van der Waals surface area (Å²) in [5, 5.41) is 19.5. The summed E-state index contributed by atoms with van der Waals surface area (Å²) < 4.78 is 11.5. The van der Waals surface area contributed by atoms with Crippen molar-refractivity contribution in [2.75, 3.05) is 12.3 Å². The standard InChI is InChI=1S/C22H22N8O3/c1-3-14-5-7-15(8-6-14)13-24-26-22(31)18-19(16-9-11-17(12-10-16)32-4-2)30(29-25-18)21-20(23)27-33-28-21/h5-13H,3-4H2,1-2H3,(H2,23,27)(H,26,31)/b24-13-. The Hall–Kier alpha value is -4.54. The molecule has 2 aromatic carbocycles. The first-order chi connectivity index (χ1) is 16.1. The van der Waals surface area contributed by atoms with E-state index in [-0.39, 0.29) is 17.3 Å². The van der Waals surface area contributed by atoms with Crippen molar-refractivity contribution in [3.8, 4) is 22.8 Å². The summed E-state index contributed by atoms with van der Waals surface area (Å²) in [5.74, 6) is 0.256. The minimum Gasteiger partial charge on any atom is -0.494 e. The van der Waals surface area contributed by atoms with Crippen LogP contribution in [-0.2, 0) is 6.42 Å². The molecule has 3 N–H and O–H groups in total. The molecule has 11 heteroatoms. The van der Waals surface area contributed by atoms with Gasteiger partial charge in [0.05, 0.1) is 12.8 Å². The van der Waals surface area contributed by atoms with Crippen LogP contribution in [-0.4, -0.2) is 44.0 Å². The second-order valence-corrected chi connectivity index (χ2v) is 6.92. The molecule has 2 heterocycles. The van der Waals surface area contributed by atoms with E-state index in [0.29, 0.717) is 23.6 Å². The van der Waals surface area contributed by atoms with Gasteiger partial charge < -0.3 is 10.5 Å². The molecule has 0 aliphatic carbocycles.